The number of benzene rings is 1. The number of pyridine rings is 1. The Bertz CT molecular complexity index is 496. The molecule has 0 fully saturated rings. The Morgan fingerprint density at radius 1 is 1.33 bits per heavy atom. The van der Waals surface area contributed by atoms with Crippen LogP contribution >= 0.6 is 27.5 Å². The van der Waals surface area contributed by atoms with Gasteiger partial charge in [0.2, 0.25) is 0 Å². The lowest BCUT2D eigenvalue weighted by Crippen LogP contribution is -1.90. The van der Waals surface area contributed by atoms with E-state index in [0.29, 0.717) is 0 Å². The second-order valence-corrected chi connectivity index (χ2v) is 4.83. The molecule has 3 heteroatoms. The highest BCUT2D eigenvalue weighted by Crippen LogP contribution is 2.26. The van der Waals surface area contributed by atoms with Crippen LogP contribution in [-0.2, 0) is 6.42 Å². The van der Waals surface area contributed by atoms with Crippen LogP contribution < -0.4 is 0 Å². The van der Waals surface area contributed by atoms with Gasteiger partial charge in [-0.3, -0.25) is 4.98 Å². The summed E-state index contributed by atoms with van der Waals surface area (Å²) < 4.78 is 1.03. The number of aryl methyl sites for hydroxylation is 1. The largest absolute Gasteiger partial charge is 0.253 e. The molecule has 0 aliphatic carbocycles. The van der Waals surface area contributed by atoms with Crippen molar-refractivity contribution in [3.63, 3.8) is 0 Å². The zero-order valence-electron chi connectivity index (χ0n) is 8.43. The molecule has 1 aromatic carbocycles. The molecular weight excluding hydrogens is 273 g/mol. The van der Waals surface area contributed by atoms with Gasteiger partial charge in [-0.2, -0.15) is 0 Å². The summed E-state index contributed by atoms with van der Waals surface area (Å²) in [6.07, 6.45) is 2.07. The first-order valence-electron chi connectivity index (χ1n) is 4.95. The third kappa shape index (κ3) is 2.32. The van der Waals surface area contributed by atoms with Crippen molar-refractivity contribution in [2.75, 3.05) is 0 Å². The summed E-state index contributed by atoms with van der Waals surface area (Å²) in [5.74, 6) is 0. The minimum absolute atomic E-state index is 0.782. The summed E-state index contributed by atoms with van der Waals surface area (Å²) in [6, 6.07) is 7.94. The molecule has 0 radical (unpaired) electrons. The van der Waals surface area contributed by atoms with E-state index in [4.69, 9.17) is 11.6 Å². The van der Waals surface area contributed by atoms with E-state index in [2.05, 4.69) is 27.8 Å². The van der Waals surface area contributed by atoms with Crippen LogP contribution in [0, 0.1) is 0 Å². The van der Waals surface area contributed by atoms with Crippen molar-refractivity contribution < 1.29 is 0 Å². The zero-order chi connectivity index (χ0) is 10.8. The highest BCUT2D eigenvalue weighted by atomic mass is 79.9. The molecular formula is C12H11BrClN. The van der Waals surface area contributed by atoms with Gasteiger partial charge in [-0.05, 0) is 30.7 Å². The van der Waals surface area contributed by atoms with Gasteiger partial charge in [-0.1, -0.05) is 40.9 Å². The van der Waals surface area contributed by atoms with Crippen LogP contribution in [0.15, 0.2) is 28.7 Å². The van der Waals surface area contributed by atoms with E-state index in [9.17, 15) is 0 Å². The second-order valence-electron chi connectivity index (χ2n) is 3.51. The average molecular weight is 285 g/mol. The fourth-order valence-electron chi connectivity index (χ4n) is 1.59. The van der Waals surface area contributed by atoms with Crippen molar-refractivity contribution in [3.8, 4) is 0 Å². The van der Waals surface area contributed by atoms with Gasteiger partial charge in [0.25, 0.3) is 0 Å². The molecule has 78 valence electrons. The lowest BCUT2D eigenvalue weighted by Gasteiger charge is -2.04. The molecule has 0 bridgehead atoms. The van der Waals surface area contributed by atoms with E-state index < -0.39 is 0 Å². The Labute approximate surface area is 103 Å². The van der Waals surface area contributed by atoms with Gasteiger partial charge < -0.3 is 0 Å². The second kappa shape index (κ2) is 4.50. The molecule has 15 heavy (non-hydrogen) atoms. The van der Waals surface area contributed by atoms with Crippen molar-refractivity contribution >= 4 is 38.4 Å². The Balaban J connectivity index is 2.62. The zero-order valence-corrected chi connectivity index (χ0v) is 10.8. The normalized spacial score (nSPS) is 10.9. The third-order valence-corrected chi connectivity index (χ3v) is 3.09. The van der Waals surface area contributed by atoms with Crippen molar-refractivity contribution in [3.05, 3.63) is 39.5 Å². The SMILES string of the molecule is CCCc1cc(Cl)c2cc(Br)ccc2n1. The number of halogens is 2. The molecule has 1 aromatic heterocycles. The highest BCUT2D eigenvalue weighted by Gasteiger charge is 2.04. The van der Waals surface area contributed by atoms with Gasteiger partial charge >= 0.3 is 0 Å². The molecule has 0 atom stereocenters. The summed E-state index contributed by atoms with van der Waals surface area (Å²) in [6.45, 7) is 2.14. The van der Waals surface area contributed by atoms with E-state index in [-0.39, 0.29) is 0 Å². The molecule has 2 aromatic rings. The van der Waals surface area contributed by atoms with E-state index in [0.717, 1.165) is 38.9 Å². The number of hydrogen-bond acceptors (Lipinski definition) is 1. The summed E-state index contributed by atoms with van der Waals surface area (Å²) >= 11 is 9.64. The summed E-state index contributed by atoms with van der Waals surface area (Å²) in [5.41, 5.74) is 2.03. The first kappa shape index (κ1) is 10.9. The molecule has 0 spiro atoms. The molecule has 1 heterocycles. The van der Waals surface area contributed by atoms with Crippen molar-refractivity contribution in [2.45, 2.75) is 19.8 Å². The van der Waals surface area contributed by atoms with Crippen LogP contribution in [0.4, 0.5) is 0 Å². The van der Waals surface area contributed by atoms with Crippen LogP contribution in [-0.4, -0.2) is 4.98 Å². The van der Waals surface area contributed by atoms with Crippen molar-refractivity contribution in [1.29, 1.82) is 0 Å². The summed E-state index contributed by atoms with van der Waals surface area (Å²) in [4.78, 5) is 4.56. The van der Waals surface area contributed by atoms with Crippen LogP contribution in [0.25, 0.3) is 10.9 Å². The first-order chi connectivity index (χ1) is 7.20. The van der Waals surface area contributed by atoms with E-state index in [1.54, 1.807) is 0 Å². The standard InChI is InChI=1S/C12H11BrClN/c1-2-3-9-7-11(14)10-6-8(13)4-5-12(10)15-9/h4-7H,2-3H2,1H3. The number of aromatic nitrogens is 1. The van der Waals surface area contributed by atoms with Gasteiger partial charge in [0.05, 0.1) is 10.5 Å². The third-order valence-electron chi connectivity index (χ3n) is 2.28. The molecule has 0 aliphatic heterocycles. The van der Waals surface area contributed by atoms with E-state index >= 15 is 0 Å². The van der Waals surface area contributed by atoms with Crippen LogP contribution in [0.5, 0.6) is 0 Å². The molecule has 0 saturated heterocycles. The first-order valence-corrected chi connectivity index (χ1v) is 6.12. The molecule has 2 rings (SSSR count). The maximum Gasteiger partial charge on any atom is 0.0721 e. The van der Waals surface area contributed by atoms with Gasteiger partial charge in [-0.15, -0.1) is 0 Å². The Hall–Kier alpha value is -0.600. The predicted molar refractivity (Wildman–Crippen MR) is 68.4 cm³/mol. The number of hydrogen-bond donors (Lipinski definition) is 0. The number of nitrogens with zero attached hydrogens (tertiary/aromatic N) is 1. The number of rotatable bonds is 2. The van der Waals surface area contributed by atoms with Crippen LogP contribution in [0.2, 0.25) is 5.02 Å². The van der Waals surface area contributed by atoms with Crippen molar-refractivity contribution in [2.24, 2.45) is 0 Å². The average Bonchev–Trinajstić information content (AvgIpc) is 2.20. The van der Waals surface area contributed by atoms with Gasteiger partial charge in [-0.25, -0.2) is 0 Å². The minimum atomic E-state index is 0.782. The number of fused-ring (bicyclic) bond motifs is 1. The fraction of sp³-hybridized carbons (Fsp3) is 0.250. The summed E-state index contributed by atoms with van der Waals surface area (Å²) in [5, 5.41) is 1.79. The maximum atomic E-state index is 6.21. The lowest BCUT2D eigenvalue weighted by molar-refractivity contribution is 0.890. The van der Waals surface area contributed by atoms with Crippen LogP contribution in [0.3, 0.4) is 0 Å². The fourth-order valence-corrected chi connectivity index (χ4v) is 2.23. The van der Waals surface area contributed by atoms with Crippen LogP contribution in [0.1, 0.15) is 19.0 Å². The molecule has 0 unspecified atom stereocenters. The minimum Gasteiger partial charge on any atom is -0.253 e. The predicted octanol–water partition coefficient (Wildman–Crippen LogP) is 4.60. The quantitative estimate of drug-likeness (QED) is 0.785. The topological polar surface area (TPSA) is 12.9 Å². The Kier molecular flexibility index (Phi) is 3.27. The Morgan fingerprint density at radius 3 is 2.87 bits per heavy atom. The van der Waals surface area contributed by atoms with E-state index in [1.807, 2.05) is 24.3 Å². The van der Waals surface area contributed by atoms with E-state index in [1.165, 1.54) is 0 Å². The summed E-state index contributed by atoms with van der Waals surface area (Å²) in [7, 11) is 0. The smallest absolute Gasteiger partial charge is 0.0721 e. The molecule has 1 nitrogen and oxygen atoms in total. The van der Waals surface area contributed by atoms with Crippen molar-refractivity contribution in [1.82, 2.24) is 4.98 Å². The molecule has 0 amide bonds. The Morgan fingerprint density at radius 2 is 2.13 bits per heavy atom. The molecule has 0 saturated carbocycles. The lowest BCUT2D eigenvalue weighted by atomic mass is 10.1. The van der Waals surface area contributed by atoms with Gasteiger partial charge in [0, 0.05) is 15.6 Å². The maximum absolute atomic E-state index is 6.21. The molecule has 0 N–H and O–H groups in total. The van der Waals surface area contributed by atoms with Gasteiger partial charge in [0.1, 0.15) is 0 Å². The highest BCUT2D eigenvalue weighted by molar-refractivity contribution is 9.10. The van der Waals surface area contributed by atoms with Gasteiger partial charge in [0.15, 0.2) is 0 Å². The molecule has 0 aliphatic rings. The monoisotopic (exact) mass is 283 g/mol.